The minimum Gasteiger partial charge on any atom is -0.383 e. The van der Waals surface area contributed by atoms with E-state index in [1.165, 1.54) is 18.4 Å². The maximum absolute atomic E-state index is 12.4. The van der Waals surface area contributed by atoms with E-state index in [0.29, 0.717) is 12.6 Å². The van der Waals surface area contributed by atoms with Gasteiger partial charge in [0.2, 0.25) is 5.91 Å². The van der Waals surface area contributed by atoms with Crippen molar-refractivity contribution in [2.75, 3.05) is 53.0 Å². The number of benzene rings is 1. The molecule has 1 aliphatic heterocycles. The Morgan fingerprint density at radius 2 is 2.04 bits per heavy atom. The van der Waals surface area contributed by atoms with Crippen LogP contribution in [0.25, 0.3) is 0 Å². The summed E-state index contributed by atoms with van der Waals surface area (Å²) in [6, 6.07) is 11.0. The number of amides is 1. The van der Waals surface area contributed by atoms with Gasteiger partial charge in [-0.15, -0.1) is 0 Å². The number of hydrogen-bond donors (Lipinski definition) is 1. The molecule has 2 aliphatic rings. The lowest BCUT2D eigenvalue weighted by molar-refractivity contribution is -0.123. The van der Waals surface area contributed by atoms with Crippen LogP contribution in [-0.2, 0) is 14.9 Å². The molecule has 1 aromatic rings. The number of carbonyl (C=O) groups is 1. The summed E-state index contributed by atoms with van der Waals surface area (Å²) >= 11 is 0. The Bertz CT molecular complexity index is 559. The summed E-state index contributed by atoms with van der Waals surface area (Å²) in [6.45, 7) is 8.14. The lowest BCUT2D eigenvalue weighted by Crippen LogP contribution is -2.54. The van der Waals surface area contributed by atoms with E-state index in [1.54, 1.807) is 7.11 Å². The summed E-state index contributed by atoms with van der Waals surface area (Å²) in [5.41, 5.74) is 1.54. The third kappa shape index (κ3) is 4.81. The van der Waals surface area contributed by atoms with Crippen LogP contribution in [-0.4, -0.2) is 74.7 Å². The molecule has 138 valence electrons. The van der Waals surface area contributed by atoms with E-state index in [2.05, 4.69) is 46.3 Å². The molecule has 2 fully saturated rings. The number of ether oxygens (including phenoxy) is 1. The van der Waals surface area contributed by atoms with Gasteiger partial charge in [-0.3, -0.25) is 14.6 Å². The van der Waals surface area contributed by atoms with Crippen LogP contribution in [0.3, 0.4) is 0 Å². The summed E-state index contributed by atoms with van der Waals surface area (Å²) < 4.78 is 5.17. The number of carbonyl (C=O) groups excluding carboxylic acids is 1. The molecule has 0 spiro atoms. The maximum Gasteiger partial charge on any atom is 0.234 e. The molecule has 1 atom stereocenters. The molecule has 1 saturated carbocycles. The molecule has 1 saturated heterocycles. The smallest absolute Gasteiger partial charge is 0.234 e. The number of methoxy groups -OCH3 is 1. The van der Waals surface area contributed by atoms with Crippen molar-refractivity contribution >= 4 is 5.91 Å². The molecule has 1 amide bonds. The molecule has 0 unspecified atom stereocenters. The van der Waals surface area contributed by atoms with Gasteiger partial charge >= 0.3 is 0 Å². The van der Waals surface area contributed by atoms with Crippen LogP contribution < -0.4 is 5.32 Å². The molecule has 0 bridgehead atoms. The quantitative estimate of drug-likeness (QED) is 0.775. The highest BCUT2D eigenvalue weighted by Crippen LogP contribution is 2.47. The van der Waals surface area contributed by atoms with Crippen LogP contribution in [0.5, 0.6) is 0 Å². The molecular weight excluding hydrogens is 314 g/mol. The molecule has 1 aromatic carbocycles. The molecule has 0 aromatic heterocycles. The van der Waals surface area contributed by atoms with Crippen molar-refractivity contribution < 1.29 is 9.53 Å². The Hall–Kier alpha value is -1.43. The van der Waals surface area contributed by atoms with Crippen molar-refractivity contribution in [2.45, 2.75) is 31.2 Å². The second-order valence-electron chi connectivity index (χ2n) is 7.54. The fourth-order valence-electron chi connectivity index (χ4n) is 3.79. The van der Waals surface area contributed by atoms with Gasteiger partial charge in [-0.1, -0.05) is 30.3 Å². The van der Waals surface area contributed by atoms with Gasteiger partial charge in [-0.2, -0.15) is 0 Å². The first-order chi connectivity index (χ1) is 12.1. The lowest BCUT2D eigenvalue weighted by Gasteiger charge is -2.39. The van der Waals surface area contributed by atoms with Gasteiger partial charge < -0.3 is 10.1 Å². The minimum atomic E-state index is 0.153. The van der Waals surface area contributed by atoms with Gasteiger partial charge in [0.25, 0.3) is 0 Å². The van der Waals surface area contributed by atoms with Crippen LogP contribution in [0, 0.1) is 0 Å². The van der Waals surface area contributed by atoms with Crippen molar-refractivity contribution in [3.8, 4) is 0 Å². The third-order valence-corrected chi connectivity index (χ3v) is 5.66. The normalized spacial score (nSPS) is 23.4. The van der Waals surface area contributed by atoms with E-state index >= 15 is 0 Å². The SMILES string of the molecule is COCCN1CCN(CC(=O)NCC2(c3ccccc3)CC2)C[C@@H]1C. The monoisotopic (exact) mass is 345 g/mol. The molecular formula is C20H31N3O2. The maximum atomic E-state index is 12.4. The average Bonchev–Trinajstić information content (AvgIpc) is 3.41. The number of hydrogen-bond acceptors (Lipinski definition) is 4. The topological polar surface area (TPSA) is 44.8 Å². The van der Waals surface area contributed by atoms with E-state index in [9.17, 15) is 4.79 Å². The number of piperazine rings is 1. The van der Waals surface area contributed by atoms with Gasteiger partial charge in [0.15, 0.2) is 0 Å². The zero-order valence-corrected chi connectivity index (χ0v) is 15.5. The first-order valence-electron chi connectivity index (χ1n) is 9.40. The predicted molar refractivity (Wildman–Crippen MR) is 99.7 cm³/mol. The molecule has 1 aliphatic carbocycles. The summed E-state index contributed by atoms with van der Waals surface area (Å²) in [5, 5.41) is 3.18. The Morgan fingerprint density at radius 1 is 1.28 bits per heavy atom. The van der Waals surface area contributed by atoms with Crippen LogP contribution in [0.15, 0.2) is 30.3 Å². The van der Waals surface area contributed by atoms with Gasteiger partial charge in [0, 0.05) is 51.3 Å². The molecule has 1 N–H and O–H groups in total. The largest absolute Gasteiger partial charge is 0.383 e. The molecule has 5 heteroatoms. The zero-order chi connectivity index (χ0) is 17.7. The van der Waals surface area contributed by atoms with E-state index in [0.717, 1.165) is 39.3 Å². The van der Waals surface area contributed by atoms with Crippen molar-refractivity contribution in [2.24, 2.45) is 0 Å². The molecule has 3 rings (SSSR count). The highest BCUT2D eigenvalue weighted by Gasteiger charge is 2.44. The summed E-state index contributed by atoms with van der Waals surface area (Å²) in [6.07, 6.45) is 2.35. The Kier molecular flexibility index (Phi) is 6.10. The minimum absolute atomic E-state index is 0.153. The first kappa shape index (κ1) is 18.4. The number of nitrogens with one attached hydrogen (secondary N) is 1. The predicted octanol–water partition coefficient (Wildman–Crippen LogP) is 1.49. The molecule has 1 heterocycles. The Morgan fingerprint density at radius 3 is 2.68 bits per heavy atom. The fraction of sp³-hybridized carbons (Fsp3) is 0.650. The highest BCUT2D eigenvalue weighted by atomic mass is 16.5. The first-order valence-corrected chi connectivity index (χ1v) is 9.40. The van der Waals surface area contributed by atoms with E-state index in [1.807, 2.05) is 6.07 Å². The van der Waals surface area contributed by atoms with Crippen LogP contribution >= 0.6 is 0 Å². The molecule has 5 nitrogen and oxygen atoms in total. The van der Waals surface area contributed by atoms with Crippen molar-refractivity contribution in [1.82, 2.24) is 15.1 Å². The fourth-order valence-corrected chi connectivity index (χ4v) is 3.79. The second kappa shape index (κ2) is 8.30. The second-order valence-corrected chi connectivity index (χ2v) is 7.54. The standard InChI is InChI=1S/C20H31N3O2/c1-17-14-22(10-11-23(17)12-13-25-2)15-19(24)21-16-20(8-9-20)18-6-4-3-5-7-18/h3-7,17H,8-16H2,1-2H3,(H,21,24)/t17-/m0/s1. The van der Waals surface area contributed by atoms with E-state index in [-0.39, 0.29) is 11.3 Å². The molecule has 25 heavy (non-hydrogen) atoms. The van der Waals surface area contributed by atoms with Crippen LogP contribution in [0.2, 0.25) is 0 Å². The summed E-state index contributed by atoms with van der Waals surface area (Å²) in [4.78, 5) is 17.1. The van der Waals surface area contributed by atoms with Crippen molar-refractivity contribution in [1.29, 1.82) is 0 Å². The summed E-state index contributed by atoms with van der Waals surface area (Å²) in [7, 11) is 1.74. The van der Waals surface area contributed by atoms with Crippen LogP contribution in [0.1, 0.15) is 25.3 Å². The average molecular weight is 345 g/mol. The van der Waals surface area contributed by atoms with Gasteiger partial charge in [-0.25, -0.2) is 0 Å². The summed E-state index contributed by atoms with van der Waals surface area (Å²) in [5.74, 6) is 0.153. The zero-order valence-electron chi connectivity index (χ0n) is 15.5. The van der Waals surface area contributed by atoms with Crippen LogP contribution in [0.4, 0.5) is 0 Å². The molecule has 0 radical (unpaired) electrons. The van der Waals surface area contributed by atoms with Gasteiger partial charge in [0.05, 0.1) is 13.2 Å². The van der Waals surface area contributed by atoms with Crippen molar-refractivity contribution in [3.63, 3.8) is 0 Å². The third-order valence-electron chi connectivity index (χ3n) is 5.66. The Balaban J connectivity index is 1.42. The number of rotatable bonds is 8. The van der Waals surface area contributed by atoms with Gasteiger partial charge in [-0.05, 0) is 25.3 Å². The van der Waals surface area contributed by atoms with E-state index in [4.69, 9.17) is 4.74 Å². The lowest BCUT2D eigenvalue weighted by atomic mass is 9.96. The van der Waals surface area contributed by atoms with E-state index < -0.39 is 0 Å². The van der Waals surface area contributed by atoms with Crippen molar-refractivity contribution in [3.05, 3.63) is 35.9 Å². The highest BCUT2D eigenvalue weighted by molar-refractivity contribution is 5.78. The Labute approximate surface area is 151 Å². The number of nitrogens with zero attached hydrogens (tertiary/aromatic N) is 2. The van der Waals surface area contributed by atoms with Gasteiger partial charge in [0.1, 0.15) is 0 Å².